The van der Waals surface area contributed by atoms with Gasteiger partial charge in [0.1, 0.15) is 0 Å². The molecular weight excluding hydrogens is 362 g/mol. The summed E-state index contributed by atoms with van der Waals surface area (Å²) in [6.45, 7) is 1.39. The molecule has 2 aromatic rings. The number of aliphatic imine (C=N–C) groups is 1. The van der Waals surface area contributed by atoms with Crippen LogP contribution in [0.3, 0.4) is 0 Å². The number of para-hydroxylation sites is 1. The first kappa shape index (κ1) is 19.3. The van der Waals surface area contributed by atoms with Gasteiger partial charge in [0.2, 0.25) is 0 Å². The van der Waals surface area contributed by atoms with Crippen molar-refractivity contribution in [3.05, 3.63) is 52.5 Å². The zero-order chi connectivity index (χ0) is 19.3. The van der Waals surface area contributed by atoms with E-state index in [0.717, 1.165) is 0 Å². The summed E-state index contributed by atoms with van der Waals surface area (Å²) in [5, 5.41) is 18.4. The van der Waals surface area contributed by atoms with Crippen LogP contribution in [0, 0.1) is 0 Å². The van der Waals surface area contributed by atoms with E-state index in [1.54, 1.807) is 18.2 Å². The predicted octanol–water partition coefficient (Wildman–Crippen LogP) is 3.65. The topological polar surface area (TPSA) is 105 Å². The van der Waals surface area contributed by atoms with Crippen molar-refractivity contribution < 1.29 is 29.3 Å². The number of ether oxygens (including phenoxy) is 2. The summed E-state index contributed by atoms with van der Waals surface area (Å²) >= 11 is 6.05. The highest BCUT2D eigenvalue weighted by atomic mass is 35.5. The first-order valence-electron chi connectivity index (χ1n) is 7.47. The van der Waals surface area contributed by atoms with Crippen molar-refractivity contribution in [2.24, 2.45) is 4.99 Å². The van der Waals surface area contributed by atoms with Crippen LogP contribution in [-0.4, -0.2) is 41.6 Å². The van der Waals surface area contributed by atoms with E-state index in [2.05, 4.69) is 4.99 Å². The molecule has 2 rings (SSSR count). The van der Waals surface area contributed by atoms with E-state index in [-0.39, 0.29) is 22.0 Å². The summed E-state index contributed by atoms with van der Waals surface area (Å²) in [6.07, 6.45) is 0.302. The molecule has 0 aromatic heterocycles. The number of carbonyl (C=O) groups is 2. The van der Waals surface area contributed by atoms with Crippen LogP contribution in [0.1, 0.15) is 22.8 Å². The Balaban J connectivity index is 2.43. The Labute approximate surface area is 154 Å². The van der Waals surface area contributed by atoms with Crippen molar-refractivity contribution in [3.63, 3.8) is 0 Å². The SMILES string of the molecule is COc1cccc(C=Nc2cc(C(=O)O)ccc2Cl)c1O[C@H](C)C(=O)O. The number of benzene rings is 2. The van der Waals surface area contributed by atoms with Gasteiger partial charge in [-0.25, -0.2) is 9.59 Å². The monoisotopic (exact) mass is 377 g/mol. The van der Waals surface area contributed by atoms with E-state index in [4.69, 9.17) is 31.3 Å². The maximum absolute atomic E-state index is 11.1. The van der Waals surface area contributed by atoms with Gasteiger partial charge in [0.05, 0.1) is 23.4 Å². The number of methoxy groups -OCH3 is 1. The van der Waals surface area contributed by atoms with Crippen molar-refractivity contribution >= 4 is 35.4 Å². The van der Waals surface area contributed by atoms with E-state index >= 15 is 0 Å². The van der Waals surface area contributed by atoms with Gasteiger partial charge in [0.25, 0.3) is 0 Å². The number of carboxylic acids is 2. The van der Waals surface area contributed by atoms with Crippen molar-refractivity contribution in [2.45, 2.75) is 13.0 Å². The van der Waals surface area contributed by atoms with E-state index in [9.17, 15) is 9.59 Å². The highest BCUT2D eigenvalue weighted by Gasteiger charge is 2.18. The minimum Gasteiger partial charge on any atom is -0.493 e. The van der Waals surface area contributed by atoms with Crippen LogP contribution >= 0.6 is 11.6 Å². The molecule has 0 saturated carbocycles. The Kier molecular flexibility index (Phi) is 6.19. The van der Waals surface area contributed by atoms with Gasteiger partial charge in [-0.15, -0.1) is 0 Å². The fourth-order valence-corrected chi connectivity index (χ4v) is 2.20. The number of aromatic carboxylic acids is 1. The van der Waals surface area contributed by atoms with Gasteiger partial charge in [-0.05, 0) is 37.3 Å². The number of nitrogens with zero attached hydrogens (tertiary/aromatic N) is 1. The number of carboxylic acid groups (broad SMARTS) is 2. The summed E-state index contributed by atoms with van der Waals surface area (Å²) in [6, 6.07) is 9.12. The summed E-state index contributed by atoms with van der Waals surface area (Å²) in [4.78, 5) is 26.3. The van der Waals surface area contributed by atoms with E-state index in [1.165, 1.54) is 38.4 Å². The highest BCUT2D eigenvalue weighted by Crippen LogP contribution is 2.32. The van der Waals surface area contributed by atoms with Crippen molar-refractivity contribution in [1.29, 1.82) is 0 Å². The molecule has 0 heterocycles. The molecule has 0 aliphatic carbocycles. The molecule has 0 spiro atoms. The predicted molar refractivity (Wildman–Crippen MR) is 96.4 cm³/mol. The molecule has 2 N–H and O–H groups in total. The number of hydrogen-bond acceptors (Lipinski definition) is 5. The Bertz CT molecular complexity index is 865. The number of halogens is 1. The zero-order valence-corrected chi connectivity index (χ0v) is 14.7. The van der Waals surface area contributed by atoms with Crippen LogP contribution in [0.15, 0.2) is 41.4 Å². The Hall–Kier alpha value is -3.06. The lowest BCUT2D eigenvalue weighted by Crippen LogP contribution is -2.23. The van der Waals surface area contributed by atoms with Crippen molar-refractivity contribution in [2.75, 3.05) is 7.11 Å². The van der Waals surface area contributed by atoms with Gasteiger partial charge in [-0.2, -0.15) is 0 Å². The first-order chi connectivity index (χ1) is 12.3. The minimum absolute atomic E-state index is 0.0446. The van der Waals surface area contributed by atoms with Crippen LogP contribution in [0.25, 0.3) is 0 Å². The minimum atomic E-state index is -1.13. The molecular formula is C18H16ClNO6. The molecule has 0 fully saturated rings. The maximum atomic E-state index is 11.1. The molecule has 8 heteroatoms. The van der Waals surface area contributed by atoms with Gasteiger partial charge in [-0.1, -0.05) is 17.7 Å². The van der Waals surface area contributed by atoms with Gasteiger partial charge < -0.3 is 19.7 Å². The Morgan fingerprint density at radius 2 is 1.96 bits per heavy atom. The third-order valence-electron chi connectivity index (χ3n) is 3.41. The summed E-state index contributed by atoms with van der Waals surface area (Å²) in [5.74, 6) is -1.68. The van der Waals surface area contributed by atoms with Crippen LogP contribution in [0.2, 0.25) is 5.02 Å². The van der Waals surface area contributed by atoms with Crippen molar-refractivity contribution in [3.8, 4) is 11.5 Å². The Morgan fingerprint density at radius 3 is 2.58 bits per heavy atom. The molecule has 26 heavy (non-hydrogen) atoms. The molecule has 2 aromatic carbocycles. The Morgan fingerprint density at radius 1 is 1.23 bits per heavy atom. The lowest BCUT2D eigenvalue weighted by molar-refractivity contribution is -0.144. The lowest BCUT2D eigenvalue weighted by atomic mass is 10.2. The second-order valence-electron chi connectivity index (χ2n) is 5.21. The normalized spacial score (nSPS) is 12.0. The van der Waals surface area contributed by atoms with E-state index in [1.807, 2.05) is 0 Å². The fourth-order valence-electron chi connectivity index (χ4n) is 2.03. The molecule has 0 aliphatic rings. The highest BCUT2D eigenvalue weighted by molar-refractivity contribution is 6.33. The van der Waals surface area contributed by atoms with Gasteiger partial charge in [0, 0.05) is 11.8 Å². The smallest absolute Gasteiger partial charge is 0.344 e. The molecule has 0 aliphatic heterocycles. The second-order valence-corrected chi connectivity index (χ2v) is 5.61. The lowest BCUT2D eigenvalue weighted by Gasteiger charge is -2.15. The summed E-state index contributed by atoms with van der Waals surface area (Å²) < 4.78 is 10.7. The molecule has 0 amide bonds. The number of aliphatic carboxylic acids is 1. The molecule has 136 valence electrons. The quantitative estimate of drug-likeness (QED) is 0.713. The zero-order valence-electron chi connectivity index (χ0n) is 14.0. The van der Waals surface area contributed by atoms with E-state index in [0.29, 0.717) is 11.3 Å². The third-order valence-corrected chi connectivity index (χ3v) is 3.73. The van der Waals surface area contributed by atoms with Crippen molar-refractivity contribution in [1.82, 2.24) is 0 Å². The first-order valence-corrected chi connectivity index (χ1v) is 7.84. The molecule has 0 saturated heterocycles. The average molecular weight is 378 g/mol. The van der Waals surface area contributed by atoms with Crippen LogP contribution in [-0.2, 0) is 4.79 Å². The van der Waals surface area contributed by atoms with Crippen LogP contribution in [0.5, 0.6) is 11.5 Å². The number of hydrogen-bond donors (Lipinski definition) is 2. The van der Waals surface area contributed by atoms with Crippen LogP contribution in [0.4, 0.5) is 5.69 Å². The molecule has 7 nitrogen and oxygen atoms in total. The molecule has 0 unspecified atom stereocenters. The third kappa shape index (κ3) is 4.52. The van der Waals surface area contributed by atoms with Gasteiger partial charge in [0.15, 0.2) is 17.6 Å². The van der Waals surface area contributed by atoms with Crippen LogP contribution < -0.4 is 9.47 Å². The average Bonchev–Trinajstić information content (AvgIpc) is 2.61. The second kappa shape index (κ2) is 8.35. The standard InChI is InChI=1S/C18H16ClNO6/c1-10(17(21)22)26-16-12(4-3-5-15(16)25-2)9-20-14-8-11(18(23)24)6-7-13(14)19/h3-10H,1-2H3,(H,21,22)(H,23,24)/t10-/m1/s1. The van der Waals surface area contributed by atoms with Gasteiger partial charge in [-0.3, -0.25) is 4.99 Å². The molecule has 0 bridgehead atoms. The molecule has 1 atom stereocenters. The van der Waals surface area contributed by atoms with Gasteiger partial charge >= 0.3 is 11.9 Å². The molecule has 0 radical (unpaired) electrons. The largest absolute Gasteiger partial charge is 0.493 e. The summed E-state index contributed by atoms with van der Waals surface area (Å²) in [5.41, 5.74) is 0.754. The summed E-state index contributed by atoms with van der Waals surface area (Å²) in [7, 11) is 1.43. The maximum Gasteiger partial charge on any atom is 0.344 e. The van der Waals surface area contributed by atoms with E-state index < -0.39 is 18.0 Å². The fraction of sp³-hybridized carbons (Fsp3) is 0.167. The number of rotatable bonds is 7.